The minimum absolute atomic E-state index is 0.387. The van der Waals surface area contributed by atoms with Gasteiger partial charge in [-0.2, -0.15) is 0 Å². The summed E-state index contributed by atoms with van der Waals surface area (Å²) in [4.78, 5) is 0. The van der Waals surface area contributed by atoms with Gasteiger partial charge in [0.05, 0.1) is 6.61 Å². The second-order valence-electron chi connectivity index (χ2n) is 4.97. The number of ether oxygens (including phenoxy) is 1. The normalized spacial score (nSPS) is 11.5. The third-order valence-corrected chi connectivity index (χ3v) is 2.37. The molecule has 0 N–H and O–H groups in total. The van der Waals surface area contributed by atoms with Gasteiger partial charge < -0.3 is 4.74 Å². The summed E-state index contributed by atoms with van der Waals surface area (Å²) in [5.41, 5.74) is 0.387. The monoisotopic (exact) mass is 226 g/mol. The first-order valence-electron chi connectivity index (χ1n) is 5.36. The highest BCUT2D eigenvalue weighted by Gasteiger charge is 2.09. The van der Waals surface area contributed by atoms with E-state index in [2.05, 4.69) is 20.8 Å². The zero-order valence-electron chi connectivity index (χ0n) is 9.72. The van der Waals surface area contributed by atoms with E-state index in [1.54, 1.807) is 0 Å². The number of benzene rings is 1. The second-order valence-corrected chi connectivity index (χ2v) is 5.41. The molecule has 84 valence electrons. The second kappa shape index (κ2) is 5.41. The molecule has 1 aromatic rings. The molecule has 2 heteroatoms. The van der Waals surface area contributed by atoms with Crippen LogP contribution >= 0.6 is 11.6 Å². The van der Waals surface area contributed by atoms with Crippen LogP contribution in [-0.4, -0.2) is 6.61 Å². The van der Waals surface area contributed by atoms with Crippen molar-refractivity contribution in [2.45, 2.75) is 33.6 Å². The van der Waals surface area contributed by atoms with Crippen molar-refractivity contribution in [3.05, 3.63) is 29.3 Å². The van der Waals surface area contributed by atoms with Crippen molar-refractivity contribution in [2.24, 2.45) is 5.41 Å². The van der Waals surface area contributed by atoms with Gasteiger partial charge in [0.25, 0.3) is 0 Å². The van der Waals surface area contributed by atoms with Gasteiger partial charge in [0.2, 0.25) is 0 Å². The van der Waals surface area contributed by atoms with E-state index in [0.717, 1.165) is 23.8 Å². The maximum Gasteiger partial charge on any atom is 0.120 e. The Morgan fingerprint density at radius 2 is 2.00 bits per heavy atom. The van der Waals surface area contributed by atoms with E-state index in [1.165, 1.54) is 6.42 Å². The molecular formula is C13H19ClO. The Labute approximate surface area is 97.4 Å². The Kier molecular flexibility index (Phi) is 4.46. The molecule has 1 nitrogen and oxygen atoms in total. The Morgan fingerprint density at radius 3 is 2.60 bits per heavy atom. The molecule has 0 fully saturated rings. The van der Waals surface area contributed by atoms with E-state index in [4.69, 9.17) is 16.3 Å². The van der Waals surface area contributed by atoms with Gasteiger partial charge in [0.1, 0.15) is 5.75 Å². The van der Waals surface area contributed by atoms with Crippen LogP contribution in [0, 0.1) is 5.41 Å². The molecular weight excluding hydrogens is 208 g/mol. The van der Waals surface area contributed by atoms with Crippen LogP contribution < -0.4 is 4.74 Å². The molecule has 0 saturated carbocycles. The van der Waals surface area contributed by atoms with Crippen LogP contribution in [0.5, 0.6) is 5.75 Å². The standard InChI is InChI=1S/C13H19ClO/c1-13(2,3)8-5-9-15-12-7-4-6-11(14)10-12/h4,6-7,10H,5,8-9H2,1-3H3. The zero-order chi connectivity index (χ0) is 11.3. The summed E-state index contributed by atoms with van der Waals surface area (Å²) in [6.07, 6.45) is 2.25. The highest BCUT2D eigenvalue weighted by molar-refractivity contribution is 6.30. The van der Waals surface area contributed by atoms with E-state index in [9.17, 15) is 0 Å². The molecule has 0 unspecified atom stereocenters. The van der Waals surface area contributed by atoms with Crippen molar-refractivity contribution >= 4 is 11.6 Å². The van der Waals surface area contributed by atoms with Crippen LogP contribution in [0.15, 0.2) is 24.3 Å². The Hall–Kier alpha value is -0.690. The molecule has 0 radical (unpaired) electrons. The van der Waals surface area contributed by atoms with Crippen LogP contribution in [0.2, 0.25) is 5.02 Å². The van der Waals surface area contributed by atoms with Crippen molar-refractivity contribution in [2.75, 3.05) is 6.61 Å². The largest absolute Gasteiger partial charge is 0.494 e. The molecule has 0 aliphatic heterocycles. The lowest BCUT2D eigenvalue weighted by atomic mass is 9.91. The molecule has 0 aliphatic rings. The van der Waals surface area contributed by atoms with Crippen molar-refractivity contribution < 1.29 is 4.74 Å². The molecule has 0 atom stereocenters. The molecule has 0 saturated heterocycles. The zero-order valence-corrected chi connectivity index (χ0v) is 10.5. The van der Waals surface area contributed by atoms with Crippen molar-refractivity contribution in [3.63, 3.8) is 0 Å². The van der Waals surface area contributed by atoms with Gasteiger partial charge >= 0.3 is 0 Å². The highest BCUT2D eigenvalue weighted by Crippen LogP contribution is 2.21. The van der Waals surface area contributed by atoms with E-state index < -0.39 is 0 Å². The number of rotatable bonds is 4. The fourth-order valence-corrected chi connectivity index (χ4v) is 1.53. The topological polar surface area (TPSA) is 9.23 Å². The maximum atomic E-state index is 5.85. The van der Waals surface area contributed by atoms with Crippen molar-refractivity contribution in [3.8, 4) is 5.75 Å². The lowest BCUT2D eigenvalue weighted by Gasteiger charge is -2.17. The molecule has 0 bridgehead atoms. The van der Waals surface area contributed by atoms with Crippen molar-refractivity contribution in [1.82, 2.24) is 0 Å². The summed E-state index contributed by atoms with van der Waals surface area (Å²) < 4.78 is 5.60. The quantitative estimate of drug-likeness (QED) is 0.685. The molecule has 0 aliphatic carbocycles. The Morgan fingerprint density at radius 1 is 1.27 bits per heavy atom. The van der Waals surface area contributed by atoms with Gasteiger partial charge in [-0.25, -0.2) is 0 Å². The van der Waals surface area contributed by atoms with Crippen LogP contribution in [0.4, 0.5) is 0 Å². The van der Waals surface area contributed by atoms with Gasteiger partial charge in [-0.15, -0.1) is 0 Å². The molecule has 0 amide bonds. The number of halogens is 1. The van der Waals surface area contributed by atoms with Crippen molar-refractivity contribution in [1.29, 1.82) is 0 Å². The average Bonchev–Trinajstić information content (AvgIpc) is 2.11. The summed E-state index contributed by atoms with van der Waals surface area (Å²) in [6.45, 7) is 7.49. The summed E-state index contributed by atoms with van der Waals surface area (Å²) in [6, 6.07) is 7.53. The van der Waals surface area contributed by atoms with Crippen LogP contribution in [0.25, 0.3) is 0 Å². The summed E-state index contributed by atoms with van der Waals surface area (Å²) in [5, 5.41) is 0.725. The first-order chi connectivity index (χ1) is 6.97. The molecule has 0 aromatic heterocycles. The summed E-state index contributed by atoms with van der Waals surface area (Å²) in [7, 11) is 0. The average molecular weight is 227 g/mol. The van der Waals surface area contributed by atoms with E-state index in [1.807, 2.05) is 24.3 Å². The Balaban J connectivity index is 2.26. The van der Waals surface area contributed by atoms with Gasteiger partial charge in [0, 0.05) is 5.02 Å². The summed E-state index contributed by atoms with van der Waals surface area (Å²) in [5.74, 6) is 0.858. The van der Waals surface area contributed by atoms with Crippen LogP contribution in [-0.2, 0) is 0 Å². The van der Waals surface area contributed by atoms with Gasteiger partial charge in [-0.1, -0.05) is 38.4 Å². The van der Waals surface area contributed by atoms with Gasteiger partial charge in [0.15, 0.2) is 0 Å². The fourth-order valence-electron chi connectivity index (χ4n) is 1.35. The number of hydrogen-bond acceptors (Lipinski definition) is 1. The third kappa shape index (κ3) is 5.68. The molecule has 0 spiro atoms. The molecule has 0 heterocycles. The minimum atomic E-state index is 0.387. The Bertz CT molecular complexity index is 302. The SMILES string of the molecule is CC(C)(C)CCCOc1cccc(Cl)c1. The molecule has 1 rings (SSSR count). The van der Waals surface area contributed by atoms with E-state index >= 15 is 0 Å². The van der Waals surface area contributed by atoms with Crippen LogP contribution in [0.3, 0.4) is 0 Å². The third-order valence-electron chi connectivity index (χ3n) is 2.14. The van der Waals surface area contributed by atoms with Gasteiger partial charge in [-0.05, 0) is 36.5 Å². The predicted molar refractivity (Wildman–Crippen MR) is 65.6 cm³/mol. The maximum absolute atomic E-state index is 5.85. The lowest BCUT2D eigenvalue weighted by Crippen LogP contribution is -2.07. The van der Waals surface area contributed by atoms with Gasteiger partial charge in [-0.3, -0.25) is 0 Å². The minimum Gasteiger partial charge on any atom is -0.494 e. The van der Waals surface area contributed by atoms with E-state index in [-0.39, 0.29) is 0 Å². The predicted octanol–water partition coefficient (Wildman–Crippen LogP) is 4.55. The summed E-state index contributed by atoms with van der Waals surface area (Å²) >= 11 is 5.85. The van der Waals surface area contributed by atoms with Crippen LogP contribution in [0.1, 0.15) is 33.6 Å². The smallest absolute Gasteiger partial charge is 0.120 e. The molecule has 1 aromatic carbocycles. The first kappa shape index (κ1) is 12.4. The highest BCUT2D eigenvalue weighted by atomic mass is 35.5. The van der Waals surface area contributed by atoms with E-state index in [0.29, 0.717) is 5.41 Å². The fraction of sp³-hybridized carbons (Fsp3) is 0.538. The first-order valence-corrected chi connectivity index (χ1v) is 5.73. The molecule has 15 heavy (non-hydrogen) atoms. The number of hydrogen-bond donors (Lipinski definition) is 0. The lowest BCUT2D eigenvalue weighted by molar-refractivity contribution is 0.269.